The number of aromatic nitrogens is 2. The number of benzene rings is 1. The standard InChI is InChI=1S/C19H27N5O2/c1-6-11-25-15-10-8-7-9-14(15)12-21-18(20-5)22-13-16-23-17(26-24-16)19(2,3)4/h6-10H,1,11-13H2,2-5H3,(H2,20,21,22). The van der Waals surface area contributed by atoms with Crippen LogP contribution in [-0.2, 0) is 18.5 Å². The normalized spacial score (nSPS) is 11.9. The first-order chi connectivity index (χ1) is 12.4. The van der Waals surface area contributed by atoms with Crippen molar-refractivity contribution < 1.29 is 9.26 Å². The molecule has 0 aliphatic heterocycles. The Hall–Kier alpha value is -2.83. The second kappa shape index (κ2) is 9.03. The number of nitrogens with one attached hydrogen (secondary N) is 2. The van der Waals surface area contributed by atoms with Gasteiger partial charge in [-0.1, -0.05) is 56.8 Å². The van der Waals surface area contributed by atoms with Crippen molar-refractivity contribution in [1.29, 1.82) is 0 Å². The maximum absolute atomic E-state index is 5.67. The lowest BCUT2D eigenvalue weighted by Crippen LogP contribution is -2.36. The Morgan fingerprint density at radius 3 is 2.65 bits per heavy atom. The molecule has 0 aliphatic rings. The Morgan fingerprint density at radius 2 is 2.00 bits per heavy atom. The Kier molecular flexibility index (Phi) is 6.77. The molecule has 0 aliphatic carbocycles. The van der Waals surface area contributed by atoms with E-state index >= 15 is 0 Å². The zero-order valence-electron chi connectivity index (χ0n) is 15.9. The second-order valence-corrected chi connectivity index (χ2v) is 6.75. The van der Waals surface area contributed by atoms with Crippen molar-refractivity contribution in [3.05, 3.63) is 54.2 Å². The van der Waals surface area contributed by atoms with Crippen LogP contribution in [0.2, 0.25) is 0 Å². The van der Waals surface area contributed by atoms with E-state index < -0.39 is 0 Å². The molecule has 2 aromatic rings. The fourth-order valence-corrected chi connectivity index (χ4v) is 2.13. The minimum absolute atomic E-state index is 0.166. The van der Waals surface area contributed by atoms with E-state index in [-0.39, 0.29) is 5.41 Å². The van der Waals surface area contributed by atoms with Crippen LogP contribution in [0, 0.1) is 0 Å². The Balaban J connectivity index is 1.90. The molecule has 1 aromatic carbocycles. The minimum Gasteiger partial charge on any atom is -0.489 e. The third-order valence-electron chi connectivity index (χ3n) is 3.52. The van der Waals surface area contributed by atoms with Crippen LogP contribution in [0.1, 0.15) is 38.0 Å². The molecule has 0 spiro atoms. The maximum Gasteiger partial charge on any atom is 0.232 e. The fraction of sp³-hybridized carbons (Fsp3) is 0.421. The summed E-state index contributed by atoms with van der Waals surface area (Å²) in [6, 6.07) is 7.86. The summed E-state index contributed by atoms with van der Waals surface area (Å²) in [6.07, 6.45) is 1.72. The summed E-state index contributed by atoms with van der Waals surface area (Å²) in [7, 11) is 1.71. The summed E-state index contributed by atoms with van der Waals surface area (Å²) in [5.74, 6) is 2.67. The molecule has 1 aromatic heterocycles. The minimum atomic E-state index is -0.166. The average molecular weight is 357 g/mol. The smallest absolute Gasteiger partial charge is 0.232 e. The third kappa shape index (κ3) is 5.61. The number of nitrogens with zero attached hydrogens (tertiary/aromatic N) is 3. The van der Waals surface area contributed by atoms with E-state index in [1.54, 1.807) is 13.1 Å². The fourth-order valence-electron chi connectivity index (χ4n) is 2.13. The number of hydrogen-bond acceptors (Lipinski definition) is 5. The zero-order valence-corrected chi connectivity index (χ0v) is 15.9. The van der Waals surface area contributed by atoms with Crippen molar-refractivity contribution in [3.8, 4) is 5.75 Å². The van der Waals surface area contributed by atoms with Crippen molar-refractivity contribution in [2.24, 2.45) is 4.99 Å². The Labute approximate surface area is 154 Å². The van der Waals surface area contributed by atoms with Gasteiger partial charge in [-0.25, -0.2) is 0 Å². The van der Waals surface area contributed by atoms with E-state index in [2.05, 4.69) is 32.3 Å². The lowest BCUT2D eigenvalue weighted by atomic mass is 9.97. The molecule has 0 unspecified atom stereocenters. The third-order valence-corrected chi connectivity index (χ3v) is 3.52. The molecular weight excluding hydrogens is 330 g/mol. The van der Waals surface area contributed by atoms with E-state index in [0.717, 1.165) is 11.3 Å². The summed E-state index contributed by atoms with van der Waals surface area (Å²) < 4.78 is 11.0. The molecule has 0 amide bonds. The van der Waals surface area contributed by atoms with Crippen LogP contribution >= 0.6 is 0 Å². The van der Waals surface area contributed by atoms with E-state index in [1.165, 1.54) is 0 Å². The molecule has 7 nitrogen and oxygen atoms in total. The van der Waals surface area contributed by atoms with Crippen molar-refractivity contribution in [2.45, 2.75) is 39.3 Å². The van der Waals surface area contributed by atoms with Gasteiger partial charge in [-0.15, -0.1) is 0 Å². The molecule has 2 rings (SSSR count). The van der Waals surface area contributed by atoms with Gasteiger partial charge in [0.2, 0.25) is 5.89 Å². The highest BCUT2D eigenvalue weighted by Crippen LogP contribution is 2.19. The van der Waals surface area contributed by atoms with Gasteiger partial charge in [0.05, 0.1) is 6.54 Å². The van der Waals surface area contributed by atoms with Crippen LogP contribution in [-0.4, -0.2) is 29.8 Å². The van der Waals surface area contributed by atoms with Gasteiger partial charge in [0.1, 0.15) is 12.4 Å². The molecule has 0 saturated heterocycles. The molecule has 1 heterocycles. The number of hydrogen-bond donors (Lipinski definition) is 2. The van der Waals surface area contributed by atoms with Crippen LogP contribution in [0.15, 0.2) is 46.4 Å². The van der Waals surface area contributed by atoms with Crippen molar-refractivity contribution >= 4 is 5.96 Å². The molecule has 0 saturated carbocycles. The first-order valence-corrected chi connectivity index (χ1v) is 8.53. The van der Waals surface area contributed by atoms with Crippen LogP contribution in [0.5, 0.6) is 5.75 Å². The quantitative estimate of drug-likeness (QED) is 0.450. The highest BCUT2D eigenvalue weighted by molar-refractivity contribution is 5.79. The number of rotatable bonds is 7. The predicted octanol–water partition coefficient (Wildman–Crippen LogP) is 2.80. The summed E-state index contributed by atoms with van der Waals surface area (Å²) >= 11 is 0. The summed E-state index contributed by atoms with van der Waals surface area (Å²) in [4.78, 5) is 8.62. The molecule has 0 fully saturated rings. The van der Waals surface area contributed by atoms with Gasteiger partial charge in [0, 0.05) is 24.6 Å². The van der Waals surface area contributed by atoms with E-state index in [0.29, 0.717) is 37.4 Å². The zero-order chi connectivity index (χ0) is 19.0. The highest BCUT2D eigenvalue weighted by atomic mass is 16.5. The van der Waals surface area contributed by atoms with Crippen LogP contribution in [0.25, 0.3) is 0 Å². The summed E-state index contributed by atoms with van der Waals surface area (Å²) in [6.45, 7) is 11.2. The lowest BCUT2D eigenvalue weighted by molar-refractivity contribution is 0.318. The van der Waals surface area contributed by atoms with Gasteiger partial charge in [-0.05, 0) is 6.07 Å². The largest absolute Gasteiger partial charge is 0.489 e. The SMILES string of the molecule is C=CCOc1ccccc1CNC(=NC)NCc1noc(C(C)(C)C)n1. The Morgan fingerprint density at radius 1 is 1.27 bits per heavy atom. The summed E-state index contributed by atoms with van der Waals surface area (Å²) in [5.41, 5.74) is 0.868. The van der Waals surface area contributed by atoms with Gasteiger partial charge < -0.3 is 19.9 Å². The van der Waals surface area contributed by atoms with Crippen LogP contribution < -0.4 is 15.4 Å². The lowest BCUT2D eigenvalue weighted by Gasteiger charge is -2.13. The van der Waals surface area contributed by atoms with Gasteiger partial charge in [0.25, 0.3) is 0 Å². The monoisotopic (exact) mass is 357 g/mol. The molecule has 26 heavy (non-hydrogen) atoms. The molecular formula is C19H27N5O2. The van der Waals surface area contributed by atoms with Gasteiger partial charge >= 0.3 is 0 Å². The van der Waals surface area contributed by atoms with Crippen molar-refractivity contribution in [3.63, 3.8) is 0 Å². The average Bonchev–Trinajstić information content (AvgIpc) is 3.10. The van der Waals surface area contributed by atoms with Gasteiger partial charge in [-0.2, -0.15) is 4.98 Å². The van der Waals surface area contributed by atoms with E-state index in [9.17, 15) is 0 Å². The van der Waals surface area contributed by atoms with Crippen LogP contribution in [0.3, 0.4) is 0 Å². The van der Waals surface area contributed by atoms with Gasteiger partial charge in [-0.3, -0.25) is 4.99 Å². The topological polar surface area (TPSA) is 84.6 Å². The van der Waals surface area contributed by atoms with Crippen LogP contribution in [0.4, 0.5) is 0 Å². The van der Waals surface area contributed by atoms with Gasteiger partial charge in [0.15, 0.2) is 11.8 Å². The predicted molar refractivity (Wildman–Crippen MR) is 102 cm³/mol. The number of ether oxygens (including phenoxy) is 1. The van der Waals surface area contributed by atoms with E-state index in [1.807, 2.05) is 45.0 Å². The molecule has 7 heteroatoms. The van der Waals surface area contributed by atoms with Crippen molar-refractivity contribution in [2.75, 3.05) is 13.7 Å². The molecule has 2 N–H and O–H groups in total. The maximum atomic E-state index is 5.67. The molecule has 140 valence electrons. The number of para-hydroxylation sites is 1. The highest BCUT2D eigenvalue weighted by Gasteiger charge is 2.21. The van der Waals surface area contributed by atoms with E-state index in [4.69, 9.17) is 9.26 Å². The number of aliphatic imine (C=N–C) groups is 1. The molecule has 0 atom stereocenters. The molecule has 0 radical (unpaired) electrons. The molecule has 0 bridgehead atoms. The summed E-state index contributed by atoms with van der Waals surface area (Å²) in [5, 5.41) is 10.4. The Bertz CT molecular complexity index is 746. The first kappa shape index (κ1) is 19.5. The second-order valence-electron chi connectivity index (χ2n) is 6.75. The number of guanidine groups is 1. The van der Waals surface area contributed by atoms with Crippen molar-refractivity contribution in [1.82, 2.24) is 20.8 Å². The first-order valence-electron chi connectivity index (χ1n) is 8.53.